The van der Waals surface area contributed by atoms with Gasteiger partial charge in [0.2, 0.25) is 0 Å². The molecule has 1 aromatic heterocycles. The highest BCUT2D eigenvalue weighted by Gasteiger charge is 2.55. The number of hydrogen-bond donors (Lipinski definition) is 2. The number of halogens is 1. The van der Waals surface area contributed by atoms with Gasteiger partial charge in [-0.1, -0.05) is 11.6 Å². The second kappa shape index (κ2) is 7.60. The third kappa shape index (κ3) is 3.44. The van der Waals surface area contributed by atoms with Crippen LogP contribution in [-0.4, -0.2) is 42.8 Å². The number of carbonyl (C=O) groups is 1. The molecule has 8 nitrogen and oxygen atoms in total. The molecule has 3 N–H and O–H groups in total. The van der Waals surface area contributed by atoms with Gasteiger partial charge >= 0.3 is 0 Å². The van der Waals surface area contributed by atoms with Gasteiger partial charge in [0.15, 0.2) is 0 Å². The Labute approximate surface area is 184 Å². The van der Waals surface area contributed by atoms with Crippen molar-refractivity contribution in [3.63, 3.8) is 0 Å². The number of rotatable bonds is 3. The first-order valence-electron chi connectivity index (χ1n) is 10.2. The van der Waals surface area contributed by atoms with Crippen molar-refractivity contribution in [3.8, 4) is 11.5 Å². The van der Waals surface area contributed by atoms with Gasteiger partial charge in [0.25, 0.3) is 11.9 Å². The lowest BCUT2D eigenvalue weighted by Crippen LogP contribution is -2.54. The number of pyridine rings is 1. The Hall–Kier alpha value is -3.00. The molecule has 1 aliphatic carbocycles. The van der Waals surface area contributed by atoms with E-state index in [1.165, 1.54) is 6.20 Å². The maximum atomic E-state index is 12.7. The van der Waals surface area contributed by atoms with Crippen molar-refractivity contribution >= 4 is 23.5 Å². The summed E-state index contributed by atoms with van der Waals surface area (Å²) < 4.78 is 17.4. The first-order valence-corrected chi connectivity index (χ1v) is 10.6. The molecule has 1 aromatic carbocycles. The lowest BCUT2D eigenvalue weighted by atomic mass is 9.67. The van der Waals surface area contributed by atoms with E-state index in [1.54, 1.807) is 19.2 Å². The number of amidine groups is 1. The van der Waals surface area contributed by atoms with Gasteiger partial charge in [0.05, 0.1) is 12.1 Å². The van der Waals surface area contributed by atoms with Gasteiger partial charge in [-0.05, 0) is 43.5 Å². The number of fused-ring (bicyclic) bond motifs is 4. The lowest BCUT2D eigenvalue weighted by molar-refractivity contribution is -0.00207. The van der Waals surface area contributed by atoms with Gasteiger partial charge < -0.3 is 25.3 Å². The van der Waals surface area contributed by atoms with Crippen LogP contribution in [-0.2, 0) is 10.3 Å². The summed E-state index contributed by atoms with van der Waals surface area (Å²) in [6, 6.07) is 9.16. The van der Waals surface area contributed by atoms with Gasteiger partial charge in [-0.2, -0.15) is 0 Å². The molecule has 0 radical (unpaired) electrons. The van der Waals surface area contributed by atoms with Gasteiger partial charge in [-0.15, -0.1) is 0 Å². The Morgan fingerprint density at radius 3 is 2.90 bits per heavy atom. The van der Waals surface area contributed by atoms with Crippen LogP contribution in [0.5, 0.6) is 11.5 Å². The first kappa shape index (κ1) is 19.9. The zero-order valence-electron chi connectivity index (χ0n) is 17.0. The SMILES string of the molecule is COc1ccc2c(c1)O[C@H]1CCC(NC(=O)c3ccc(Cl)cn3)C[C@@H]1C21COC(N)=N1. The second-order valence-electron chi connectivity index (χ2n) is 8.13. The summed E-state index contributed by atoms with van der Waals surface area (Å²) in [5.74, 6) is 1.25. The topological polar surface area (TPSA) is 108 Å². The molecule has 4 atom stereocenters. The quantitative estimate of drug-likeness (QED) is 0.756. The molecule has 0 saturated heterocycles. The summed E-state index contributed by atoms with van der Waals surface area (Å²) in [6.07, 6.45) is 3.67. The fourth-order valence-electron chi connectivity index (χ4n) is 4.91. The van der Waals surface area contributed by atoms with Crippen molar-refractivity contribution < 1.29 is 19.0 Å². The Balaban J connectivity index is 1.42. The van der Waals surface area contributed by atoms with E-state index in [1.807, 2.05) is 18.2 Å². The molecule has 2 unspecified atom stereocenters. The summed E-state index contributed by atoms with van der Waals surface area (Å²) in [6.45, 7) is 0.349. The van der Waals surface area contributed by atoms with E-state index in [-0.39, 0.29) is 30.0 Å². The number of ether oxygens (including phenoxy) is 3. The van der Waals surface area contributed by atoms with Gasteiger partial charge in [-0.3, -0.25) is 4.79 Å². The molecule has 1 fully saturated rings. The van der Waals surface area contributed by atoms with Crippen LogP contribution in [0.15, 0.2) is 41.5 Å². The van der Waals surface area contributed by atoms with Gasteiger partial charge in [-0.25, -0.2) is 9.98 Å². The summed E-state index contributed by atoms with van der Waals surface area (Å²) in [7, 11) is 1.63. The molecule has 3 heterocycles. The Kier molecular flexibility index (Phi) is 4.89. The fourth-order valence-corrected chi connectivity index (χ4v) is 5.02. The largest absolute Gasteiger partial charge is 0.497 e. The average molecular weight is 443 g/mol. The minimum atomic E-state index is -0.642. The van der Waals surface area contributed by atoms with Crippen LogP contribution >= 0.6 is 11.6 Å². The maximum Gasteiger partial charge on any atom is 0.283 e. The predicted octanol–water partition coefficient (Wildman–Crippen LogP) is 2.64. The molecule has 5 rings (SSSR count). The molecular weight excluding hydrogens is 420 g/mol. The number of aliphatic imine (C=N–C) groups is 1. The molecule has 1 amide bonds. The number of nitrogens with zero attached hydrogens (tertiary/aromatic N) is 2. The van der Waals surface area contributed by atoms with Crippen molar-refractivity contribution in [2.24, 2.45) is 16.6 Å². The third-order valence-electron chi connectivity index (χ3n) is 6.38. The van der Waals surface area contributed by atoms with Crippen LogP contribution in [0.2, 0.25) is 5.02 Å². The zero-order valence-corrected chi connectivity index (χ0v) is 17.8. The highest BCUT2D eigenvalue weighted by molar-refractivity contribution is 6.30. The zero-order chi connectivity index (χ0) is 21.6. The number of methoxy groups -OCH3 is 1. The minimum absolute atomic E-state index is 0.00618. The average Bonchev–Trinajstić information content (AvgIpc) is 3.16. The van der Waals surface area contributed by atoms with Crippen molar-refractivity contribution in [3.05, 3.63) is 52.8 Å². The maximum absolute atomic E-state index is 12.7. The molecule has 162 valence electrons. The molecule has 1 spiro atoms. The van der Waals surface area contributed by atoms with Crippen molar-refractivity contribution in [1.82, 2.24) is 10.3 Å². The number of aromatic nitrogens is 1. The molecule has 31 heavy (non-hydrogen) atoms. The summed E-state index contributed by atoms with van der Waals surface area (Å²) in [5, 5.41) is 3.60. The molecule has 0 bridgehead atoms. The molecule has 2 aromatic rings. The van der Waals surface area contributed by atoms with Crippen molar-refractivity contribution in [2.75, 3.05) is 13.7 Å². The number of amides is 1. The third-order valence-corrected chi connectivity index (χ3v) is 6.60. The van der Waals surface area contributed by atoms with Crippen molar-refractivity contribution in [2.45, 2.75) is 36.9 Å². The number of nitrogens with one attached hydrogen (secondary N) is 1. The highest BCUT2D eigenvalue weighted by Crippen LogP contribution is 2.52. The predicted molar refractivity (Wildman–Crippen MR) is 115 cm³/mol. The van der Waals surface area contributed by atoms with E-state index < -0.39 is 5.54 Å². The Morgan fingerprint density at radius 1 is 1.32 bits per heavy atom. The normalized spacial score (nSPS) is 28.6. The van der Waals surface area contributed by atoms with E-state index >= 15 is 0 Å². The first-order chi connectivity index (χ1) is 15.0. The highest BCUT2D eigenvalue weighted by atomic mass is 35.5. The van der Waals surface area contributed by atoms with E-state index in [0.717, 1.165) is 29.9 Å². The minimum Gasteiger partial charge on any atom is -0.497 e. The van der Waals surface area contributed by atoms with Crippen molar-refractivity contribution in [1.29, 1.82) is 0 Å². The standard InChI is InChI=1S/C22H23ClN4O4/c1-29-14-4-5-15-19(9-14)31-18-7-3-13(8-16(18)22(15)11-30-21(24)27-22)26-20(28)17-6-2-12(23)10-25-17/h2,4-6,9-10,13,16,18H,3,7-8,11H2,1H3,(H2,24,27)(H,26,28)/t13?,16-,18-,22?/m0/s1. The molecule has 9 heteroatoms. The molecule has 2 aliphatic heterocycles. The molecule has 3 aliphatic rings. The van der Waals surface area contributed by atoms with Gasteiger partial charge in [0, 0.05) is 29.8 Å². The fraction of sp³-hybridized carbons (Fsp3) is 0.409. The summed E-state index contributed by atoms with van der Waals surface area (Å²) in [5.41, 5.74) is 6.58. The number of nitrogens with two attached hydrogens (primary N) is 1. The number of hydrogen-bond acceptors (Lipinski definition) is 7. The number of carbonyl (C=O) groups excluding carboxylic acids is 1. The van der Waals surface area contributed by atoms with Crippen LogP contribution in [0.4, 0.5) is 0 Å². The molecular formula is C22H23ClN4O4. The summed E-state index contributed by atoms with van der Waals surface area (Å²) >= 11 is 5.88. The van der Waals surface area contributed by atoms with Crippen LogP contribution in [0.1, 0.15) is 35.3 Å². The second-order valence-corrected chi connectivity index (χ2v) is 8.57. The van der Waals surface area contributed by atoms with Crippen LogP contribution in [0.25, 0.3) is 0 Å². The Bertz CT molecular complexity index is 1040. The van der Waals surface area contributed by atoms with E-state index in [2.05, 4.69) is 10.3 Å². The van der Waals surface area contributed by atoms with Crippen LogP contribution in [0, 0.1) is 5.92 Å². The lowest BCUT2D eigenvalue weighted by Gasteiger charge is -2.48. The van der Waals surface area contributed by atoms with E-state index in [0.29, 0.717) is 23.7 Å². The van der Waals surface area contributed by atoms with E-state index in [4.69, 9.17) is 36.5 Å². The summed E-state index contributed by atoms with van der Waals surface area (Å²) in [4.78, 5) is 21.6. The monoisotopic (exact) mass is 442 g/mol. The molecule has 1 saturated carbocycles. The Morgan fingerprint density at radius 2 is 2.19 bits per heavy atom. The van der Waals surface area contributed by atoms with E-state index in [9.17, 15) is 4.79 Å². The van der Waals surface area contributed by atoms with Crippen LogP contribution < -0.4 is 20.5 Å². The van der Waals surface area contributed by atoms with Crippen LogP contribution in [0.3, 0.4) is 0 Å². The number of benzene rings is 1. The smallest absolute Gasteiger partial charge is 0.283 e. The van der Waals surface area contributed by atoms with Gasteiger partial charge in [0.1, 0.15) is 35.4 Å².